The minimum absolute atomic E-state index is 0.0251. The van der Waals surface area contributed by atoms with Gasteiger partial charge in [-0.05, 0) is 24.3 Å². The van der Waals surface area contributed by atoms with Crippen molar-refractivity contribution in [1.29, 1.82) is 0 Å². The second kappa shape index (κ2) is 7.67. The van der Waals surface area contributed by atoms with Crippen LogP contribution in [0.15, 0.2) is 54.2 Å². The molecule has 0 atom stereocenters. The Morgan fingerprint density at radius 3 is 1.77 bits per heavy atom. The number of hydrogen-bond acceptors (Lipinski definition) is 8. The fraction of sp³-hybridized carbons (Fsp3) is 0.0909. The molecule has 0 unspecified atom stereocenters. The van der Waals surface area contributed by atoms with Crippen LogP contribution < -0.4 is 0 Å². The number of aliphatic hydroxyl groups is 1. The van der Waals surface area contributed by atoms with E-state index in [4.69, 9.17) is 0 Å². The lowest BCUT2D eigenvalue weighted by molar-refractivity contribution is -0.111. The molecule has 0 fully saturated rings. The maximum absolute atomic E-state index is 12.0. The molecule has 0 aliphatic heterocycles. The summed E-state index contributed by atoms with van der Waals surface area (Å²) in [5, 5.41) is 28.3. The molecule has 0 spiro atoms. The van der Waals surface area contributed by atoms with Gasteiger partial charge in [0.2, 0.25) is 17.3 Å². The van der Waals surface area contributed by atoms with Gasteiger partial charge in [0.1, 0.15) is 17.3 Å². The molecule has 0 amide bonds. The van der Waals surface area contributed by atoms with Crippen LogP contribution in [0, 0.1) is 0 Å². The summed E-state index contributed by atoms with van der Waals surface area (Å²) in [5.74, 6) is -2.80. The van der Waals surface area contributed by atoms with Crippen molar-refractivity contribution in [3.63, 3.8) is 0 Å². The zero-order valence-electron chi connectivity index (χ0n) is 16.0. The number of fused-ring (bicyclic) bond motifs is 2. The van der Waals surface area contributed by atoms with E-state index in [-0.39, 0.29) is 51.1 Å². The van der Waals surface area contributed by atoms with Gasteiger partial charge in [-0.3, -0.25) is 19.2 Å². The van der Waals surface area contributed by atoms with E-state index in [9.17, 15) is 34.5 Å². The van der Waals surface area contributed by atoms with Gasteiger partial charge < -0.3 is 20.2 Å². The molecule has 30 heavy (non-hydrogen) atoms. The molecule has 3 N–H and O–H groups in total. The van der Waals surface area contributed by atoms with Crippen molar-refractivity contribution in [2.24, 2.45) is 0 Å². The first-order valence-electron chi connectivity index (χ1n) is 8.75. The second-order valence-corrected chi connectivity index (χ2v) is 6.74. The van der Waals surface area contributed by atoms with Gasteiger partial charge >= 0.3 is 0 Å². The Morgan fingerprint density at radius 1 is 0.667 bits per heavy atom. The van der Waals surface area contributed by atoms with Crippen molar-refractivity contribution < 1.29 is 34.5 Å². The fourth-order valence-corrected chi connectivity index (χ4v) is 3.11. The number of carbonyl (C=O) groups excluding carboxylic acids is 4. The molecule has 0 saturated heterocycles. The quantitative estimate of drug-likeness (QED) is 0.614. The standard InChI is InChI=1S/C12H11NO3.C10H6O4/c1-13(2)8-6-10(15)11-7(12(8)16)4-3-5-9(11)14;11-6-3-1-2-5-9(6)7(12)4-8(13)10(5)14/h3-6,14H,1-2H3;1-4,11-12H. The third-order valence-corrected chi connectivity index (χ3v) is 4.55. The van der Waals surface area contributed by atoms with Crippen LogP contribution in [-0.4, -0.2) is 57.4 Å². The van der Waals surface area contributed by atoms with Crippen LogP contribution in [0.5, 0.6) is 11.5 Å². The predicted octanol–water partition coefficient (Wildman–Crippen LogP) is 2.27. The number of likely N-dealkylation sites (N-methyl/N-ethyl adjacent to an activating group) is 1. The average Bonchev–Trinajstić information content (AvgIpc) is 2.69. The number of allylic oxidation sites excluding steroid dienone is 3. The molecule has 152 valence electrons. The Morgan fingerprint density at radius 2 is 1.20 bits per heavy atom. The SMILES string of the molecule is CN(C)C1=CC(=O)c2c(O)cccc2C1=O.O=C1C=C(O)c2c(O)cccc2C1=O. The van der Waals surface area contributed by atoms with Crippen LogP contribution in [-0.2, 0) is 4.79 Å². The summed E-state index contributed by atoms with van der Waals surface area (Å²) in [6.07, 6.45) is 2.06. The fourth-order valence-electron chi connectivity index (χ4n) is 3.11. The summed E-state index contributed by atoms with van der Waals surface area (Å²) in [4.78, 5) is 47.6. The summed E-state index contributed by atoms with van der Waals surface area (Å²) in [7, 11) is 3.40. The van der Waals surface area contributed by atoms with E-state index < -0.39 is 11.6 Å². The molecule has 0 saturated carbocycles. The van der Waals surface area contributed by atoms with Crippen LogP contribution in [0.4, 0.5) is 0 Å². The van der Waals surface area contributed by atoms with Crippen LogP contribution >= 0.6 is 0 Å². The van der Waals surface area contributed by atoms with E-state index in [0.29, 0.717) is 5.70 Å². The molecule has 2 aliphatic rings. The molecule has 2 aromatic rings. The Bertz CT molecular complexity index is 1170. The molecule has 0 heterocycles. The summed E-state index contributed by atoms with van der Waals surface area (Å²) in [6, 6.07) is 8.67. The summed E-state index contributed by atoms with van der Waals surface area (Å²) >= 11 is 0. The Kier molecular flexibility index (Phi) is 5.25. The molecular weight excluding hydrogens is 390 g/mol. The molecule has 4 rings (SSSR count). The number of phenols is 2. The van der Waals surface area contributed by atoms with Crippen molar-refractivity contribution in [2.45, 2.75) is 0 Å². The molecule has 2 aromatic carbocycles. The number of carbonyl (C=O) groups is 4. The normalized spacial score (nSPS) is 14.7. The maximum atomic E-state index is 12.0. The van der Waals surface area contributed by atoms with Crippen LogP contribution in [0.25, 0.3) is 5.76 Å². The molecule has 8 heteroatoms. The van der Waals surface area contributed by atoms with E-state index in [1.54, 1.807) is 31.1 Å². The van der Waals surface area contributed by atoms with Gasteiger partial charge in [-0.15, -0.1) is 0 Å². The lowest BCUT2D eigenvalue weighted by atomic mass is 9.91. The topological polar surface area (TPSA) is 132 Å². The smallest absolute Gasteiger partial charge is 0.233 e. The van der Waals surface area contributed by atoms with E-state index >= 15 is 0 Å². The zero-order chi connectivity index (χ0) is 22.2. The summed E-state index contributed by atoms with van der Waals surface area (Å²) in [6.45, 7) is 0. The highest BCUT2D eigenvalue weighted by molar-refractivity contribution is 6.50. The first-order valence-corrected chi connectivity index (χ1v) is 8.75. The highest BCUT2D eigenvalue weighted by atomic mass is 16.3. The number of aromatic hydroxyl groups is 2. The minimum atomic E-state index is -0.777. The maximum Gasteiger partial charge on any atom is 0.233 e. The second-order valence-electron chi connectivity index (χ2n) is 6.74. The highest BCUT2D eigenvalue weighted by Gasteiger charge is 2.29. The number of ketones is 4. The van der Waals surface area contributed by atoms with Gasteiger partial charge in [-0.2, -0.15) is 0 Å². The lowest BCUT2D eigenvalue weighted by Gasteiger charge is -2.21. The lowest BCUT2D eigenvalue weighted by Crippen LogP contribution is -2.26. The van der Waals surface area contributed by atoms with Gasteiger partial charge in [0.25, 0.3) is 0 Å². The Balaban J connectivity index is 0.000000172. The van der Waals surface area contributed by atoms with E-state index in [2.05, 4.69) is 0 Å². The van der Waals surface area contributed by atoms with Crippen molar-refractivity contribution >= 4 is 28.9 Å². The molecule has 0 aromatic heterocycles. The first kappa shape index (κ1) is 20.5. The number of hydrogen-bond donors (Lipinski definition) is 3. The van der Waals surface area contributed by atoms with Gasteiger partial charge in [-0.25, -0.2) is 0 Å². The van der Waals surface area contributed by atoms with E-state index in [0.717, 1.165) is 6.08 Å². The number of aliphatic hydroxyl groups excluding tert-OH is 1. The van der Waals surface area contributed by atoms with Gasteiger partial charge in [0.05, 0.1) is 16.8 Å². The zero-order valence-corrected chi connectivity index (χ0v) is 16.0. The van der Waals surface area contributed by atoms with Gasteiger partial charge in [0, 0.05) is 37.4 Å². The van der Waals surface area contributed by atoms with Crippen LogP contribution in [0.1, 0.15) is 36.6 Å². The van der Waals surface area contributed by atoms with Crippen LogP contribution in [0.3, 0.4) is 0 Å². The first-order chi connectivity index (χ1) is 14.1. The molecule has 0 bridgehead atoms. The van der Waals surface area contributed by atoms with Gasteiger partial charge in [0.15, 0.2) is 5.78 Å². The molecule has 8 nitrogen and oxygen atoms in total. The van der Waals surface area contributed by atoms with Crippen molar-refractivity contribution in [3.8, 4) is 11.5 Å². The van der Waals surface area contributed by atoms with Crippen LogP contribution in [0.2, 0.25) is 0 Å². The van der Waals surface area contributed by atoms with E-state index in [1.165, 1.54) is 30.3 Å². The molecule has 0 radical (unpaired) electrons. The predicted molar refractivity (Wildman–Crippen MR) is 107 cm³/mol. The Hall–Kier alpha value is -4.20. The van der Waals surface area contributed by atoms with Crippen molar-refractivity contribution in [3.05, 3.63) is 76.5 Å². The number of Topliss-reactive ketones (excluding diaryl/α,β-unsaturated/α-hetero) is 2. The van der Waals surface area contributed by atoms with E-state index in [1.807, 2.05) is 0 Å². The summed E-state index contributed by atoms with van der Waals surface area (Å²) < 4.78 is 0. The Labute approximate surface area is 171 Å². The largest absolute Gasteiger partial charge is 0.507 e. The van der Waals surface area contributed by atoms with Crippen molar-refractivity contribution in [2.75, 3.05) is 14.1 Å². The van der Waals surface area contributed by atoms with Crippen molar-refractivity contribution in [1.82, 2.24) is 4.90 Å². The molecular formula is C22H17NO7. The number of nitrogens with zero attached hydrogens (tertiary/aromatic N) is 1. The third kappa shape index (κ3) is 3.46. The third-order valence-electron chi connectivity index (χ3n) is 4.55. The number of phenolic OH excluding ortho intramolecular Hbond substituents is 2. The molecule has 2 aliphatic carbocycles. The highest BCUT2D eigenvalue weighted by Crippen LogP contribution is 2.31. The number of benzene rings is 2. The minimum Gasteiger partial charge on any atom is -0.507 e. The summed E-state index contributed by atoms with van der Waals surface area (Å²) in [5.41, 5.74) is 0.754. The monoisotopic (exact) mass is 407 g/mol. The van der Waals surface area contributed by atoms with Gasteiger partial charge in [-0.1, -0.05) is 12.1 Å². The average molecular weight is 407 g/mol. The number of rotatable bonds is 1.